The molecule has 8 heteroatoms. The fourth-order valence-electron chi connectivity index (χ4n) is 3.14. The summed E-state index contributed by atoms with van der Waals surface area (Å²) in [6, 6.07) is 0. The third kappa shape index (κ3) is 2.98. The Hall–Kier alpha value is -1.51. The quantitative estimate of drug-likeness (QED) is 0.632. The number of methoxy groups -OCH3 is 1. The number of hydrogen-bond donors (Lipinski definition) is 2. The largest absolute Gasteiger partial charge is 0.465 e. The van der Waals surface area contributed by atoms with Crippen molar-refractivity contribution in [3.8, 4) is 0 Å². The van der Waals surface area contributed by atoms with E-state index in [2.05, 4.69) is 4.98 Å². The van der Waals surface area contributed by atoms with Gasteiger partial charge in [-0.2, -0.15) is 0 Å². The molecule has 6 nitrogen and oxygen atoms in total. The molecule has 1 saturated heterocycles. The molecule has 2 N–H and O–H groups in total. The molecule has 23 heavy (non-hydrogen) atoms. The van der Waals surface area contributed by atoms with Gasteiger partial charge in [0.2, 0.25) is 0 Å². The zero-order valence-corrected chi connectivity index (χ0v) is 14.9. The van der Waals surface area contributed by atoms with Gasteiger partial charge in [0.1, 0.15) is 9.71 Å². The number of likely N-dealkylation sites (tertiary alicyclic amines) is 1. The van der Waals surface area contributed by atoms with E-state index in [9.17, 15) is 9.59 Å². The second-order valence-electron chi connectivity index (χ2n) is 5.85. The maximum atomic E-state index is 12.8. The van der Waals surface area contributed by atoms with E-state index in [4.69, 9.17) is 17.0 Å². The van der Waals surface area contributed by atoms with Gasteiger partial charge in [0.15, 0.2) is 4.77 Å². The van der Waals surface area contributed by atoms with Crippen molar-refractivity contribution in [2.75, 3.05) is 26.7 Å². The maximum Gasteiger partial charge on any atom is 0.348 e. The summed E-state index contributed by atoms with van der Waals surface area (Å²) < 4.78 is 6.81. The predicted octanol–water partition coefficient (Wildman–Crippen LogP) is 0.894. The molecule has 0 amide bonds. The standard InChI is InChI=1S/C15H19N3O3S2/c1-9-10-12(23-11(9)14(20)21-2)16-15(22)18(13(10)19)8-7-17-5-3-4-6-17/h3-8H2,1-2H3,(H,16,22)/p+1. The van der Waals surface area contributed by atoms with E-state index >= 15 is 0 Å². The lowest BCUT2D eigenvalue weighted by Crippen LogP contribution is -3.10. The highest BCUT2D eigenvalue weighted by molar-refractivity contribution is 7.71. The zero-order valence-electron chi connectivity index (χ0n) is 13.2. The zero-order chi connectivity index (χ0) is 16.6. The monoisotopic (exact) mass is 354 g/mol. The number of carbonyl (C=O) groups excluding carboxylic acids is 1. The molecule has 0 bridgehead atoms. The summed E-state index contributed by atoms with van der Waals surface area (Å²) in [5, 5.41) is 0.542. The minimum atomic E-state index is -0.421. The lowest BCUT2D eigenvalue weighted by Gasteiger charge is -2.13. The first-order valence-electron chi connectivity index (χ1n) is 7.71. The molecular formula is C15H20N3O3S2+. The van der Waals surface area contributed by atoms with E-state index in [1.54, 1.807) is 11.5 Å². The number of carbonyl (C=O) groups is 1. The highest BCUT2D eigenvalue weighted by Crippen LogP contribution is 2.27. The van der Waals surface area contributed by atoms with Crippen molar-refractivity contribution < 1.29 is 14.4 Å². The molecule has 2 aromatic rings. The second kappa shape index (κ2) is 6.54. The SMILES string of the molecule is COC(=O)c1sc2[nH]c(=S)n(CC[NH+]3CCCC3)c(=O)c2c1C. The van der Waals surface area contributed by atoms with E-state index in [1.165, 1.54) is 36.2 Å². The first kappa shape index (κ1) is 16.4. The number of thiophene rings is 1. The summed E-state index contributed by atoms with van der Waals surface area (Å²) in [7, 11) is 1.34. The second-order valence-corrected chi connectivity index (χ2v) is 7.25. The van der Waals surface area contributed by atoms with Crippen LogP contribution in [0.5, 0.6) is 0 Å². The van der Waals surface area contributed by atoms with Gasteiger partial charge in [-0.3, -0.25) is 9.36 Å². The van der Waals surface area contributed by atoms with E-state index in [0.29, 0.717) is 32.0 Å². The number of rotatable bonds is 4. The molecule has 0 aromatic carbocycles. The highest BCUT2D eigenvalue weighted by Gasteiger charge is 2.21. The molecule has 0 atom stereocenters. The van der Waals surface area contributed by atoms with Crippen molar-refractivity contribution in [1.29, 1.82) is 0 Å². The summed E-state index contributed by atoms with van der Waals surface area (Å²) in [4.78, 5) is 30.3. The van der Waals surface area contributed by atoms with Crippen LogP contribution in [0, 0.1) is 11.7 Å². The number of aryl methyl sites for hydroxylation is 1. The lowest BCUT2D eigenvalue weighted by molar-refractivity contribution is -0.888. The minimum absolute atomic E-state index is 0.119. The fourth-order valence-corrected chi connectivity index (χ4v) is 4.59. The van der Waals surface area contributed by atoms with Gasteiger partial charge in [0.25, 0.3) is 5.56 Å². The lowest BCUT2D eigenvalue weighted by atomic mass is 10.2. The van der Waals surface area contributed by atoms with Gasteiger partial charge in [-0.05, 0) is 24.7 Å². The van der Waals surface area contributed by atoms with E-state index in [-0.39, 0.29) is 5.56 Å². The Bertz CT molecular complexity index is 859. The van der Waals surface area contributed by atoms with E-state index in [0.717, 1.165) is 19.6 Å². The third-order valence-electron chi connectivity index (χ3n) is 4.44. The number of nitrogens with one attached hydrogen (secondary N) is 2. The van der Waals surface area contributed by atoms with Crippen LogP contribution in [-0.2, 0) is 11.3 Å². The number of H-pyrrole nitrogens is 1. The first-order valence-corrected chi connectivity index (χ1v) is 8.93. The van der Waals surface area contributed by atoms with Gasteiger partial charge in [0, 0.05) is 12.8 Å². The van der Waals surface area contributed by atoms with Crippen LogP contribution in [-0.4, -0.2) is 42.3 Å². The van der Waals surface area contributed by atoms with Crippen molar-refractivity contribution in [2.24, 2.45) is 0 Å². The molecular weight excluding hydrogens is 334 g/mol. The molecule has 124 valence electrons. The molecule has 1 aliphatic rings. The van der Waals surface area contributed by atoms with Gasteiger partial charge in [-0.1, -0.05) is 0 Å². The molecule has 3 heterocycles. The van der Waals surface area contributed by atoms with Gasteiger partial charge < -0.3 is 14.6 Å². The molecule has 0 radical (unpaired) electrons. The Labute approximate surface area is 142 Å². The molecule has 0 aliphatic carbocycles. The maximum absolute atomic E-state index is 12.8. The summed E-state index contributed by atoms with van der Waals surface area (Å²) in [6.45, 7) is 5.60. The van der Waals surface area contributed by atoms with Crippen LogP contribution in [0.3, 0.4) is 0 Å². The van der Waals surface area contributed by atoms with Crippen LogP contribution in [0.25, 0.3) is 10.2 Å². The fraction of sp³-hybridized carbons (Fsp3) is 0.533. The van der Waals surface area contributed by atoms with E-state index < -0.39 is 5.97 Å². The number of hydrogen-bond acceptors (Lipinski definition) is 5. The van der Waals surface area contributed by atoms with Gasteiger partial charge >= 0.3 is 5.97 Å². The number of aromatic nitrogens is 2. The van der Waals surface area contributed by atoms with Crippen molar-refractivity contribution in [2.45, 2.75) is 26.3 Å². The molecule has 1 aliphatic heterocycles. The van der Waals surface area contributed by atoms with Gasteiger partial charge in [-0.15, -0.1) is 11.3 Å². The normalized spacial score (nSPS) is 15.4. The minimum Gasteiger partial charge on any atom is -0.465 e. The summed E-state index contributed by atoms with van der Waals surface area (Å²) in [6.07, 6.45) is 2.50. The number of fused-ring (bicyclic) bond motifs is 1. The first-order chi connectivity index (χ1) is 11.0. The topological polar surface area (TPSA) is 68.5 Å². The Morgan fingerprint density at radius 3 is 2.78 bits per heavy atom. The van der Waals surface area contributed by atoms with Crippen LogP contribution in [0.4, 0.5) is 0 Å². The molecule has 2 aromatic heterocycles. The van der Waals surface area contributed by atoms with Crippen LogP contribution < -0.4 is 10.5 Å². The van der Waals surface area contributed by atoms with Crippen molar-refractivity contribution in [3.63, 3.8) is 0 Å². The van der Waals surface area contributed by atoms with Crippen molar-refractivity contribution in [3.05, 3.63) is 25.6 Å². The molecule has 3 rings (SSSR count). The number of esters is 1. The van der Waals surface area contributed by atoms with Gasteiger partial charge in [-0.25, -0.2) is 4.79 Å². The Balaban J connectivity index is 2.02. The summed E-state index contributed by atoms with van der Waals surface area (Å²) in [5.74, 6) is -0.421. The number of aromatic amines is 1. The van der Waals surface area contributed by atoms with Crippen molar-refractivity contribution >= 4 is 39.7 Å². The molecule has 0 saturated carbocycles. The molecule has 0 unspecified atom stereocenters. The summed E-state index contributed by atoms with van der Waals surface area (Å²) >= 11 is 6.56. The van der Waals surface area contributed by atoms with Crippen LogP contribution >= 0.6 is 23.6 Å². The number of nitrogens with zero attached hydrogens (tertiary/aromatic N) is 1. The Morgan fingerprint density at radius 1 is 1.43 bits per heavy atom. The molecule has 0 spiro atoms. The van der Waals surface area contributed by atoms with Crippen molar-refractivity contribution in [1.82, 2.24) is 9.55 Å². The predicted molar refractivity (Wildman–Crippen MR) is 92.1 cm³/mol. The smallest absolute Gasteiger partial charge is 0.348 e. The van der Waals surface area contributed by atoms with E-state index in [1.807, 2.05) is 0 Å². The van der Waals surface area contributed by atoms with Crippen LogP contribution in [0.1, 0.15) is 28.1 Å². The third-order valence-corrected chi connectivity index (χ3v) is 5.95. The average Bonchev–Trinajstić information content (AvgIpc) is 3.14. The van der Waals surface area contributed by atoms with Crippen LogP contribution in [0.15, 0.2) is 4.79 Å². The van der Waals surface area contributed by atoms with Gasteiger partial charge in [0.05, 0.1) is 38.7 Å². The molecule has 1 fully saturated rings. The summed E-state index contributed by atoms with van der Waals surface area (Å²) in [5.41, 5.74) is 0.543. The Morgan fingerprint density at radius 2 is 2.13 bits per heavy atom. The number of ether oxygens (including phenoxy) is 1. The number of quaternary nitrogens is 1. The highest BCUT2D eigenvalue weighted by atomic mass is 32.1. The van der Waals surface area contributed by atoms with Crippen LogP contribution in [0.2, 0.25) is 0 Å². The average molecular weight is 354 g/mol. The Kier molecular flexibility index (Phi) is 4.65.